The highest BCUT2D eigenvalue weighted by Gasteiger charge is 2.23. The minimum absolute atomic E-state index is 0.0289. The summed E-state index contributed by atoms with van der Waals surface area (Å²) in [5, 5.41) is 0.635. The van der Waals surface area contributed by atoms with Gasteiger partial charge in [-0.2, -0.15) is 0 Å². The van der Waals surface area contributed by atoms with Gasteiger partial charge in [0.05, 0.1) is 16.4 Å². The van der Waals surface area contributed by atoms with E-state index in [1.165, 1.54) is 0 Å². The van der Waals surface area contributed by atoms with E-state index in [1.807, 2.05) is 39.0 Å². The number of rotatable bonds is 2. The third-order valence-corrected chi connectivity index (χ3v) is 3.53. The molecule has 0 aliphatic heterocycles. The fourth-order valence-corrected chi connectivity index (χ4v) is 2.14. The Hall–Kier alpha value is -1.35. The van der Waals surface area contributed by atoms with Gasteiger partial charge in [-0.05, 0) is 32.9 Å². The van der Waals surface area contributed by atoms with Gasteiger partial charge in [-0.15, -0.1) is 11.6 Å². The number of benzene rings is 1. The zero-order valence-electron chi connectivity index (χ0n) is 10.2. The Kier molecular flexibility index (Phi) is 2.96. The van der Waals surface area contributed by atoms with Crippen molar-refractivity contribution < 1.29 is 0 Å². The summed E-state index contributed by atoms with van der Waals surface area (Å²) < 4.78 is 1.67. The first-order valence-electron chi connectivity index (χ1n) is 5.52. The minimum Gasteiger partial charge on any atom is -0.289 e. The zero-order valence-corrected chi connectivity index (χ0v) is 11.0. The van der Waals surface area contributed by atoms with E-state index in [1.54, 1.807) is 10.6 Å². The number of alkyl halides is 1. The molecule has 1 aromatic carbocycles. The van der Waals surface area contributed by atoms with Crippen LogP contribution in [0, 0.1) is 6.92 Å². The topological polar surface area (TPSA) is 34.9 Å². The van der Waals surface area contributed by atoms with Crippen molar-refractivity contribution in [2.45, 2.75) is 26.3 Å². The molecular weight excluding hydrogens is 236 g/mol. The van der Waals surface area contributed by atoms with Crippen molar-refractivity contribution in [3.63, 3.8) is 0 Å². The highest BCUT2D eigenvalue weighted by molar-refractivity contribution is 6.18. The summed E-state index contributed by atoms with van der Waals surface area (Å²) >= 11 is 5.94. The summed E-state index contributed by atoms with van der Waals surface area (Å²) in [5.41, 5.74) is 0.273. The van der Waals surface area contributed by atoms with Gasteiger partial charge in [-0.1, -0.05) is 12.1 Å². The first-order chi connectivity index (χ1) is 7.97. The van der Waals surface area contributed by atoms with Crippen LogP contribution in [0.1, 0.15) is 19.7 Å². The second kappa shape index (κ2) is 4.15. The lowest BCUT2D eigenvalue weighted by Gasteiger charge is -2.26. The molecule has 1 aromatic heterocycles. The molecule has 0 atom stereocenters. The van der Waals surface area contributed by atoms with Crippen LogP contribution in [0.2, 0.25) is 0 Å². The van der Waals surface area contributed by atoms with Gasteiger partial charge in [0.25, 0.3) is 5.56 Å². The molecule has 0 saturated carbocycles. The number of aryl methyl sites for hydroxylation is 1. The summed E-state index contributed by atoms with van der Waals surface area (Å²) in [6, 6.07) is 7.37. The summed E-state index contributed by atoms with van der Waals surface area (Å²) in [4.78, 5) is 16.9. The Labute approximate surface area is 105 Å². The van der Waals surface area contributed by atoms with Gasteiger partial charge in [0, 0.05) is 5.88 Å². The molecule has 2 aromatic rings. The van der Waals surface area contributed by atoms with Crippen molar-refractivity contribution >= 4 is 22.5 Å². The van der Waals surface area contributed by atoms with Gasteiger partial charge in [0.2, 0.25) is 0 Å². The van der Waals surface area contributed by atoms with E-state index in [0.29, 0.717) is 17.1 Å². The van der Waals surface area contributed by atoms with Crippen LogP contribution in [0.4, 0.5) is 0 Å². The largest absolute Gasteiger partial charge is 0.289 e. The van der Waals surface area contributed by atoms with Crippen LogP contribution in [0.5, 0.6) is 0 Å². The molecule has 17 heavy (non-hydrogen) atoms. The molecule has 0 aliphatic carbocycles. The Morgan fingerprint density at radius 3 is 2.65 bits per heavy atom. The third-order valence-electron chi connectivity index (χ3n) is 2.88. The number of nitrogens with zero attached hydrogens (tertiary/aromatic N) is 2. The van der Waals surface area contributed by atoms with Crippen LogP contribution in [-0.2, 0) is 5.54 Å². The highest BCUT2D eigenvalue weighted by Crippen LogP contribution is 2.18. The van der Waals surface area contributed by atoms with Crippen LogP contribution in [-0.4, -0.2) is 15.4 Å². The summed E-state index contributed by atoms with van der Waals surface area (Å²) in [6.07, 6.45) is 0. The van der Waals surface area contributed by atoms with E-state index >= 15 is 0 Å². The lowest BCUT2D eigenvalue weighted by atomic mass is 10.1. The van der Waals surface area contributed by atoms with Crippen LogP contribution >= 0.6 is 11.6 Å². The molecule has 0 N–H and O–H groups in total. The maximum absolute atomic E-state index is 12.4. The number of para-hydroxylation sites is 1. The van der Waals surface area contributed by atoms with Crippen LogP contribution in [0.15, 0.2) is 29.1 Å². The van der Waals surface area contributed by atoms with Gasteiger partial charge >= 0.3 is 0 Å². The second-order valence-corrected chi connectivity index (χ2v) is 5.03. The molecule has 0 bridgehead atoms. The fraction of sp³-hybridized carbons (Fsp3) is 0.385. The second-order valence-electron chi connectivity index (χ2n) is 4.76. The minimum atomic E-state index is -0.431. The molecule has 0 aliphatic rings. The highest BCUT2D eigenvalue weighted by atomic mass is 35.5. The van der Waals surface area contributed by atoms with E-state index in [2.05, 4.69) is 4.98 Å². The van der Waals surface area contributed by atoms with Gasteiger partial charge < -0.3 is 0 Å². The summed E-state index contributed by atoms with van der Waals surface area (Å²) in [6.45, 7) is 5.71. The van der Waals surface area contributed by atoms with Crippen molar-refractivity contribution in [1.29, 1.82) is 0 Å². The Balaban J connectivity index is 2.86. The van der Waals surface area contributed by atoms with E-state index in [0.717, 1.165) is 5.52 Å². The zero-order chi connectivity index (χ0) is 12.6. The molecule has 0 fully saturated rings. The third kappa shape index (κ3) is 1.95. The Morgan fingerprint density at radius 2 is 2.00 bits per heavy atom. The molecule has 0 amide bonds. The van der Waals surface area contributed by atoms with Crippen molar-refractivity contribution in [2.75, 3.05) is 5.88 Å². The fourth-order valence-electron chi connectivity index (χ4n) is 2.02. The average molecular weight is 251 g/mol. The van der Waals surface area contributed by atoms with Gasteiger partial charge in [-0.25, -0.2) is 4.98 Å². The Bertz CT molecular complexity index is 616. The van der Waals surface area contributed by atoms with Gasteiger partial charge in [0.15, 0.2) is 0 Å². The van der Waals surface area contributed by atoms with E-state index in [9.17, 15) is 4.79 Å². The monoisotopic (exact) mass is 250 g/mol. The van der Waals surface area contributed by atoms with Crippen molar-refractivity contribution in [3.8, 4) is 0 Å². The molecule has 0 saturated heterocycles. The first kappa shape index (κ1) is 12.1. The van der Waals surface area contributed by atoms with Crippen LogP contribution in [0.25, 0.3) is 10.9 Å². The smallest absolute Gasteiger partial charge is 0.261 e. The molecule has 4 heteroatoms. The van der Waals surface area contributed by atoms with Crippen molar-refractivity contribution in [1.82, 2.24) is 9.55 Å². The predicted octanol–water partition coefficient (Wildman–Crippen LogP) is 2.68. The number of hydrogen-bond donors (Lipinski definition) is 0. The predicted molar refractivity (Wildman–Crippen MR) is 70.8 cm³/mol. The molecule has 90 valence electrons. The lowest BCUT2D eigenvalue weighted by molar-refractivity contribution is 0.378. The number of hydrogen-bond acceptors (Lipinski definition) is 2. The van der Waals surface area contributed by atoms with Crippen molar-refractivity contribution in [3.05, 3.63) is 40.4 Å². The van der Waals surface area contributed by atoms with Crippen molar-refractivity contribution in [2.24, 2.45) is 0 Å². The van der Waals surface area contributed by atoms with E-state index in [-0.39, 0.29) is 5.56 Å². The van der Waals surface area contributed by atoms with Gasteiger partial charge in [-0.3, -0.25) is 9.36 Å². The molecule has 2 rings (SSSR count). The van der Waals surface area contributed by atoms with Gasteiger partial charge in [0.1, 0.15) is 5.82 Å². The average Bonchev–Trinajstić information content (AvgIpc) is 2.28. The summed E-state index contributed by atoms with van der Waals surface area (Å²) in [7, 11) is 0. The SMILES string of the molecule is Cc1nc2ccccc2c(=O)n1C(C)(C)CCl. The maximum atomic E-state index is 12.4. The summed E-state index contributed by atoms with van der Waals surface area (Å²) in [5.74, 6) is 1.06. The first-order valence-corrected chi connectivity index (χ1v) is 6.05. The van der Waals surface area contributed by atoms with Crippen LogP contribution < -0.4 is 5.56 Å². The van der Waals surface area contributed by atoms with Crippen LogP contribution in [0.3, 0.4) is 0 Å². The number of aromatic nitrogens is 2. The number of fused-ring (bicyclic) bond motifs is 1. The Morgan fingerprint density at radius 1 is 1.35 bits per heavy atom. The molecule has 3 nitrogen and oxygen atoms in total. The van der Waals surface area contributed by atoms with E-state index in [4.69, 9.17) is 11.6 Å². The molecule has 0 unspecified atom stereocenters. The molecule has 0 spiro atoms. The molecule has 0 radical (unpaired) electrons. The lowest BCUT2D eigenvalue weighted by Crippen LogP contribution is -2.39. The molecular formula is C13H15ClN2O. The number of halogens is 1. The maximum Gasteiger partial charge on any atom is 0.261 e. The van der Waals surface area contributed by atoms with E-state index < -0.39 is 5.54 Å². The normalized spacial score (nSPS) is 12.0. The molecule has 1 heterocycles. The standard InChI is InChI=1S/C13H15ClN2O/c1-9-15-11-7-5-4-6-10(11)12(17)16(9)13(2,3)8-14/h4-7H,8H2,1-3H3. The quantitative estimate of drug-likeness (QED) is 0.768.